The van der Waals surface area contributed by atoms with Gasteiger partial charge in [-0.05, 0) is 35.5 Å². The molecule has 0 N–H and O–H groups in total. The number of nitrogens with zero attached hydrogens (tertiary/aromatic N) is 1. The zero-order valence-corrected chi connectivity index (χ0v) is 13.7. The van der Waals surface area contributed by atoms with Crippen molar-refractivity contribution in [2.24, 2.45) is 0 Å². The maximum absolute atomic E-state index is 12.8. The van der Waals surface area contributed by atoms with Gasteiger partial charge in [0.2, 0.25) is 5.78 Å². The lowest BCUT2D eigenvalue weighted by Gasteiger charge is -2.18. The van der Waals surface area contributed by atoms with Crippen LogP contribution in [0.3, 0.4) is 0 Å². The third-order valence-electron chi connectivity index (χ3n) is 4.52. The van der Waals surface area contributed by atoms with E-state index in [0.29, 0.717) is 12.0 Å². The number of benzene rings is 2. The smallest absolute Gasteiger partial charge is 0.203 e. The van der Waals surface area contributed by atoms with Crippen molar-refractivity contribution in [2.75, 3.05) is 0 Å². The lowest BCUT2D eigenvalue weighted by atomic mass is 9.85. The summed E-state index contributed by atoms with van der Waals surface area (Å²) in [6, 6.07) is 17.5. The van der Waals surface area contributed by atoms with Crippen LogP contribution in [0.4, 0.5) is 0 Å². The number of fused-ring (bicyclic) bond motifs is 1. The Labute approximate surface area is 137 Å². The van der Waals surface area contributed by atoms with Gasteiger partial charge in [-0.3, -0.25) is 4.79 Å². The van der Waals surface area contributed by atoms with E-state index in [-0.39, 0.29) is 16.8 Å². The molecule has 1 aliphatic carbocycles. The molecule has 2 heteroatoms. The van der Waals surface area contributed by atoms with Crippen LogP contribution in [-0.4, -0.2) is 5.78 Å². The van der Waals surface area contributed by atoms with Crippen LogP contribution in [0.5, 0.6) is 0 Å². The average molecular weight is 301 g/mol. The Morgan fingerprint density at radius 1 is 1.13 bits per heavy atom. The predicted molar refractivity (Wildman–Crippen MR) is 92.1 cm³/mol. The van der Waals surface area contributed by atoms with Gasteiger partial charge in [-0.2, -0.15) is 5.26 Å². The highest BCUT2D eigenvalue weighted by molar-refractivity contribution is 6.16. The Morgan fingerprint density at radius 2 is 1.83 bits per heavy atom. The highest BCUT2D eigenvalue weighted by atomic mass is 16.1. The third kappa shape index (κ3) is 2.59. The molecule has 0 saturated carbocycles. The number of nitriles is 1. The standard InChI is InChI=1S/C21H19NO/c1-14-9-10-16-17(12-21(2,3)19(16)11-14)18(13-22)20(23)15-7-5-4-6-8-15/h4-11H,12H2,1-3H3/b18-17-. The number of carbonyl (C=O) groups excluding carboxylic acids is 1. The molecule has 0 atom stereocenters. The normalized spacial score (nSPS) is 17.3. The second kappa shape index (κ2) is 5.52. The fourth-order valence-corrected chi connectivity index (χ4v) is 3.33. The quantitative estimate of drug-likeness (QED) is 0.452. The molecule has 0 spiro atoms. The van der Waals surface area contributed by atoms with Crippen molar-refractivity contribution in [3.63, 3.8) is 0 Å². The number of carbonyl (C=O) groups is 1. The van der Waals surface area contributed by atoms with Crippen LogP contribution in [0.2, 0.25) is 0 Å². The van der Waals surface area contributed by atoms with Gasteiger partial charge in [0, 0.05) is 5.56 Å². The van der Waals surface area contributed by atoms with Gasteiger partial charge in [0.25, 0.3) is 0 Å². The molecule has 0 heterocycles. The van der Waals surface area contributed by atoms with Crippen molar-refractivity contribution in [3.05, 3.63) is 76.4 Å². The van der Waals surface area contributed by atoms with E-state index in [0.717, 1.165) is 11.1 Å². The molecule has 0 radical (unpaired) electrons. The van der Waals surface area contributed by atoms with E-state index in [1.165, 1.54) is 11.1 Å². The lowest BCUT2D eigenvalue weighted by molar-refractivity contribution is 0.103. The van der Waals surface area contributed by atoms with E-state index < -0.39 is 0 Å². The van der Waals surface area contributed by atoms with E-state index >= 15 is 0 Å². The molecule has 0 saturated heterocycles. The minimum absolute atomic E-state index is 0.0598. The van der Waals surface area contributed by atoms with Gasteiger partial charge in [-0.25, -0.2) is 0 Å². The highest BCUT2D eigenvalue weighted by Gasteiger charge is 2.36. The molecule has 2 aromatic rings. The van der Waals surface area contributed by atoms with E-state index in [4.69, 9.17) is 0 Å². The number of rotatable bonds is 2. The number of hydrogen-bond donors (Lipinski definition) is 0. The Balaban J connectivity index is 2.18. The van der Waals surface area contributed by atoms with Crippen LogP contribution in [0, 0.1) is 18.3 Å². The first kappa shape index (κ1) is 15.2. The van der Waals surface area contributed by atoms with Gasteiger partial charge in [-0.1, -0.05) is 67.9 Å². The molecular formula is C21H19NO. The Bertz CT molecular complexity index is 851. The molecule has 0 bridgehead atoms. The second-order valence-corrected chi connectivity index (χ2v) is 6.77. The summed E-state index contributed by atoms with van der Waals surface area (Å²) in [7, 11) is 0. The first-order valence-electron chi connectivity index (χ1n) is 7.78. The number of allylic oxidation sites excluding steroid dienone is 2. The van der Waals surface area contributed by atoms with Crippen LogP contribution in [0.25, 0.3) is 5.57 Å². The molecule has 2 aromatic carbocycles. The van der Waals surface area contributed by atoms with Crippen LogP contribution >= 0.6 is 0 Å². The summed E-state index contributed by atoms with van der Waals surface area (Å²) >= 11 is 0. The maximum Gasteiger partial charge on any atom is 0.203 e. The Morgan fingerprint density at radius 3 is 2.48 bits per heavy atom. The van der Waals surface area contributed by atoms with Gasteiger partial charge in [0.05, 0.1) is 0 Å². The van der Waals surface area contributed by atoms with Crippen molar-refractivity contribution in [1.82, 2.24) is 0 Å². The van der Waals surface area contributed by atoms with Gasteiger partial charge >= 0.3 is 0 Å². The Kier molecular flexibility index (Phi) is 3.66. The number of aryl methyl sites for hydroxylation is 1. The first-order valence-corrected chi connectivity index (χ1v) is 7.78. The first-order chi connectivity index (χ1) is 10.9. The van der Waals surface area contributed by atoms with Crippen molar-refractivity contribution >= 4 is 11.4 Å². The number of hydrogen-bond acceptors (Lipinski definition) is 2. The molecule has 0 aliphatic heterocycles. The fraction of sp³-hybridized carbons (Fsp3) is 0.238. The number of ketones is 1. The van der Waals surface area contributed by atoms with E-state index in [2.05, 4.69) is 32.9 Å². The largest absolute Gasteiger partial charge is 0.288 e. The van der Waals surface area contributed by atoms with E-state index in [1.807, 2.05) is 30.3 Å². The second-order valence-electron chi connectivity index (χ2n) is 6.77. The van der Waals surface area contributed by atoms with E-state index in [9.17, 15) is 10.1 Å². The van der Waals surface area contributed by atoms with Crippen LogP contribution in [-0.2, 0) is 5.41 Å². The van der Waals surface area contributed by atoms with Crippen LogP contribution in [0.1, 0.15) is 47.3 Å². The van der Waals surface area contributed by atoms with Gasteiger partial charge < -0.3 is 0 Å². The highest BCUT2D eigenvalue weighted by Crippen LogP contribution is 2.47. The SMILES string of the molecule is Cc1ccc2c(c1)C(C)(C)C/C2=C(\C#N)C(=O)c1ccccc1. The zero-order chi connectivity index (χ0) is 16.6. The number of Topliss-reactive ketones (excluding diaryl/α,β-unsaturated/α-hetero) is 1. The fourth-order valence-electron chi connectivity index (χ4n) is 3.33. The predicted octanol–water partition coefficient (Wildman–Crippen LogP) is 4.84. The molecule has 114 valence electrons. The molecule has 0 fully saturated rings. The molecule has 3 rings (SSSR count). The zero-order valence-electron chi connectivity index (χ0n) is 13.7. The summed E-state index contributed by atoms with van der Waals surface area (Å²) in [6.07, 6.45) is 0.716. The molecule has 0 aromatic heterocycles. The van der Waals surface area contributed by atoms with Crippen molar-refractivity contribution in [3.8, 4) is 6.07 Å². The van der Waals surface area contributed by atoms with Crippen LogP contribution in [0.15, 0.2) is 54.1 Å². The van der Waals surface area contributed by atoms with Gasteiger partial charge in [0.15, 0.2) is 0 Å². The maximum atomic E-state index is 12.8. The monoisotopic (exact) mass is 301 g/mol. The molecule has 2 nitrogen and oxygen atoms in total. The summed E-state index contributed by atoms with van der Waals surface area (Å²) in [5.74, 6) is -0.188. The van der Waals surface area contributed by atoms with Gasteiger partial charge in [0.1, 0.15) is 11.6 Å². The minimum atomic E-state index is -0.188. The molecule has 23 heavy (non-hydrogen) atoms. The summed E-state index contributed by atoms with van der Waals surface area (Å²) in [6.45, 7) is 6.40. The molecule has 0 amide bonds. The molecule has 1 aliphatic rings. The summed E-state index contributed by atoms with van der Waals surface area (Å²) in [4.78, 5) is 12.8. The summed E-state index contributed by atoms with van der Waals surface area (Å²) in [5, 5.41) is 9.64. The van der Waals surface area contributed by atoms with Crippen molar-refractivity contribution in [2.45, 2.75) is 32.6 Å². The van der Waals surface area contributed by atoms with Crippen LogP contribution < -0.4 is 0 Å². The Hall–Kier alpha value is -2.66. The van der Waals surface area contributed by atoms with Gasteiger partial charge in [-0.15, -0.1) is 0 Å². The minimum Gasteiger partial charge on any atom is -0.288 e. The van der Waals surface area contributed by atoms with E-state index in [1.54, 1.807) is 12.1 Å². The summed E-state index contributed by atoms with van der Waals surface area (Å²) < 4.78 is 0. The summed E-state index contributed by atoms with van der Waals surface area (Å²) in [5.41, 5.74) is 5.12. The third-order valence-corrected chi connectivity index (χ3v) is 4.52. The van der Waals surface area contributed by atoms with Crippen molar-refractivity contribution in [1.29, 1.82) is 5.26 Å². The average Bonchev–Trinajstić information content (AvgIpc) is 2.80. The topological polar surface area (TPSA) is 40.9 Å². The molecular weight excluding hydrogens is 282 g/mol. The molecule has 0 unspecified atom stereocenters. The lowest BCUT2D eigenvalue weighted by Crippen LogP contribution is -2.12. The van der Waals surface area contributed by atoms with Crippen molar-refractivity contribution < 1.29 is 4.79 Å².